The summed E-state index contributed by atoms with van der Waals surface area (Å²) in [4.78, 5) is 12.4. The second kappa shape index (κ2) is 11.5. The third-order valence-corrected chi connectivity index (χ3v) is 11.3. The van der Waals surface area contributed by atoms with Crippen LogP contribution in [0.4, 0.5) is 0 Å². The van der Waals surface area contributed by atoms with Crippen LogP contribution in [-0.4, -0.2) is 14.4 Å². The van der Waals surface area contributed by atoms with Gasteiger partial charge in [-0.2, -0.15) is 4.72 Å². The Morgan fingerprint density at radius 3 is 1.88 bits per heavy atom. The largest absolute Gasteiger partial charge is 0.457 e. The second-order valence-corrected chi connectivity index (χ2v) is 13.7. The summed E-state index contributed by atoms with van der Waals surface area (Å²) in [6.07, 6.45) is 1.37. The van der Waals surface area contributed by atoms with Gasteiger partial charge in [0, 0.05) is 10.6 Å². The van der Waals surface area contributed by atoms with Crippen LogP contribution in [0.1, 0.15) is 27.5 Å². The van der Waals surface area contributed by atoms with Gasteiger partial charge >= 0.3 is 5.97 Å². The average molecular weight is 572 g/mol. The molecule has 1 N–H and O–H groups in total. The zero-order chi connectivity index (χ0) is 28.2. The average Bonchev–Trinajstić information content (AvgIpc) is 3.53. The lowest BCUT2D eigenvalue weighted by Gasteiger charge is -2.30. The number of hydrogen-bond donors (Lipinski definition) is 1. The number of rotatable bonds is 9. The Kier molecular flexibility index (Phi) is 7.85. The molecular formula is C31H26NO6PS. The number of carbonyl (C=O) groups is 1. The van der Waals surface area contributed by atoms with Crippen molar-refractivity contribution in [3.05, 3.63) is 144 Å². The topological polar surface area (TPSA) is 103 Å². The molecule has 0 aliphatic carbocycles. The van der Waals surface area contributed by atoms with E-state index in [9.17, 15) is 13.2 Å². The van der Waals surface area contributed by atoms with Crippen LogP contribution in [0, 0.1) is 6.92 Å². The van der Waals surface area contributed by atoms with E-state index in [4.69, 9.17) is 9.15 Å². The monoisotopic (exact) mass is 571 g/mol. The summed E-state index contributed by atoms with van der Waals surface area (Å²) in [6.45, 7) is 1.87. The summed E-state index contributed by atoms with van der Waals surface area (Å²) in [5.74, 6) is -1.57. The van der Waals surface area contributed by atoms with Crippen LogP contribution in [-0.2, 0) is 14.6 Å². The van der Waals surface area contributed by atoms with Gasteiger partial charge in [0.2, 0.25) is 15.8 Å². The highest BCUT2D eigenvalue weighted by atomic mass is 32.2. The van der Waals surface area contributed by atoms with E-state index >= 15 is 4.57 Å². The molecule has 0 aliphatic rings. The highest BCUT2D eigenvalue weighted by molar-refractivity contribution is 7.90. The van der Waals surface area contributed by atoms with Crippen LogP contribution in [0.25, 0.3) is 0 Å². The Bertz CT molecular complexity index is 1690. The Hall–Kier alpha value is -4.23. The van der Waals surface area contributed by atoms with Gasteiger partial charge in [0.05, 0.1) is 11.2 Å². The van der Waals surface area contributed by atoms with Gasteiger partial charge in [-0.05, 0) is 48.9 Å². The van der Waals surface area contributed by atoms with Crippen LogP contribution in [0.2, 0.25) is 0 Å². The fourth-order valence-electron chi connectivity index (χ4n) is 4.30. The van der Waals surface area contributed by atoms with Gasteiger partial charge in [-0.25, -0.2) is 13.2 Å². The van der Waals surface area contributed by atoms with Crippen molar-refractivity contribution < 1.29 is 26.9 Å². The number of aryl methyl sites for hydroxylation is 1. The standard InChI is InChI=1S/C31H26NO6PS/c1-23-14-20-28(21-15-23)40(35,36)32-30(24-16-18-25(19-17-24)38-31(33)29-13-8-22-37-29)39(34,26-9-4-2-5-10-26)27-11-6-3-7-12-27/h2-22,30,32H,1H3. The van der Waals surface area contributed by atoms with Crippen LogP contribution >= 0.6 is 7.14 Å². The Labute approximate surface area is 232 Å². The van der Waals surface area contributed by atoms with E-state index in [0.29, 0.717) is 16.2 Å². The van der Waals surface area contributed by atoms with Gasteiger partial charge in [0.1, 0.15) is 11.5 Å². The predicted molar refractivity (Wildman–Crippen MR) is 154 cm³/mol. The molecule has 1 atom stereocenters. The maximum absolute atomic E-state index is 15.3. The fraction of sp³-hybridized carbons (Fsp3) is 0.0645. The lowest BCUT2D eigenvalue weighted by molar-refractivity contribution is 0.0701. The quantitative estimate of drug-likeness (QED) is 0.136. The van der Waals surface area contributed by atoms with Crippen LogP contribution in [0.15, 0.2) is 137 Å². The van der Waals surface area contributed by atoms with Crippen molar-refractivity contribution in [3.8, 4) is 5.75 Å². The molecule has 0 aliphatic heterocycles. The first-order valence-electron chi connectivity index (χ1n) is 12.4. The summed E-state index contributed by atoms with van der Waals surface area (Å²) in [5.41, 5.74) is 1.35. The molecular weight excluding hydrogens is 545 g/mol. The minimum Gasteiger partial charge on any atom is -0.457 e. The highest BCUT2D eigenvalue weighted by Crippen LogP contribution is 2.56. The number of nitrogens with one attached hydrogen (secondary N) is 1. The van der Waals surface area contributed by atoms with Gasteiger partial charge in [-0.3, -0.25) is 0 Å². The zero-order valence-electron chi connectivity index (χ0n) is 21.5. The molecule has 0 saturated heterocycles. The van der Waals surface area contributed by atoms with Gasteiger partial charge in [0.25, 0.3) is 0 Å². The van der Waals surface area contributed by atoms with E-state index < -0.39 is 28.9 Å². The van der Waals surface area contributed by atoms with E-state index in [1.807, 2.05) is 19.1 Å². The maximum atomic E-state index is 15.3. The first kappa shape index (κ1) is 27.3. The first-order chi connectivity index (χ1) is 19.3. The number of ether oxygens (including phenoxy) is 1. The number of benzene rings is 4. The van der Waals surface area contributed by atoms with Gasteiger partial charge in [0.15, 0.2) is 7.14 Å². The molecule has 5 aromatic rings. The third-order valence-electron chi connectivity index (χ3n) is 6.37. The summed E-state index contributed by atoms with van der Waals surface area (Å²) in [7, 11) is -7.78. The number of sulfonamides is 1. The van der Waals surface area contributed by atoms with Gasteiger partial charge in [-0.1, -0.05) is 90.5 Å². The molecule has 0 fully saturated rings. The van der Waals surface area contributed by atoms with Crippen molar-refractivity contribution in [1.29, 1.82) is 0 Å². The smallest absolute Gasteiger partial charge is 0.379 e. The van der Waals surface area contributed by atoms with Crippen LogP contribution in [0.5, 0.6) is 5.75 Å². The van der Waals surface area contributed by atoms with E-state index in [-0.39, 0.29) is 16.4 Å². The molecule has 0 bridgehead atoms. The van der Waals surface area contributed by atoms with Crippen LogP contribution in [0.3, 0.4) is 0 Å². The minimum absolute atomic E-state index is 0.0467. The molecule has 1 heterocycles. The Morgan fingerprint density at radius 2 is 1.35 bits per heavy atom. The van der Waals surface area contributed by atoms with Gasteiger partial charge in [-0.15, -0.1) is 0 Å². The SMILES string of the molecule is Cc1ccc(S(=O)(=O)NC(c2ccc(OC(=O)c3ccco3)cc2)P(=O)(c2ccccc2)c2ccccc2)cc1. The van der Waals surface area contributed by atoms with E-state index in [0.717, 1.165) is 5.56 Å². The van der Waals surface area contributed by atoms with E-state index in [2.05, 4.69) is 4.72 Å². The highest BCUT2D eigenvalue weighted by Gasteiger charge is 2.40. The number of carbonyl (C=O) groups excluding carboxylic acids is 1. The maximum Gasteiger partial charge on any atom is 0.379 e. The van der Waals surface area contributed by atoms with Crippen LogP contribution < -0.4 is 20.1 Å². The molecule has 0 spiro atoms. The van der Waals surface area contributed by atoms with Crippen molar-refractivity contribution in [2.45, 2.75) is 17.6 Å². The fourth-order valence-corrected chi connectivity index (χ4v) is 9.09. The number of hydrogen-bond acceptors (Lipinski definition) is 6. The van der Waals surface area contributed by atoms with Crippen molar-refractivity contribution in [2.24, 2.45) is 0 Å². The molecule has 9 heteroatoms. The molecule has 1 unspecified atom stereocenters. The van der Waals surface area contributed by atoms with E-state index in [1.165, 1.54) is 36.6 Å². The summed E-state index contributed by atoms with van der Waals surface area (Å²) in [6, 6.07) is 33.4. The van der Waals surface area contributed by atoms with E-state index in [1.54, 1.807) is 78.9 Å². The minimum atomic E-state index is -4.10. The normalized spacial score (nSPS) is 12.5. The van der Waals surface area contributed by atoms with Gasteiger partial charge < -0.3 is 13.7 Å². The Balaban J connectivity index is 1.61. The summed E-state index contributed by atoms with van der Waals surface area (Å²) < 4.78 is 55.8. The van der Waals surface area contributed by atoms with Crippen molar-refractivity contribution in [2.75, 3.05) is 0 Å². The molecule has 40 heavy (non-hydrogen) atoms. The molecule has 1 aromatic heterocycles. The predicted octanol–water partition coefficient (Wildman–Crippen LogP) is 5.80. The number of furan rings is 1. The van der Waals surface area contributed by atoms with Crippen molar-refractivity contribution in [1.82, 2.24) is 4.72 Å². The summed E-state index contributed by atoms with van der Waals surface area (Å²) >= 11 is 0. The lowest BCUT2D eigenvalue weighted by Crippen LogP contribution is -2.34. The molecule has 4 aromatic carbocycles. The van der Waals surface area contributed by atoms with Crippen molar-refractivity contribution >= 4 is 33.7 Å². The molecule has 5 rings (SSSR count). The second-order valence-electron chi connectivity index (χ2n) is 9.10. The molecule has 202 valence electrons. The number of esters is 1. The zero-order valence-corrected chi connectivity index (χ0v) is 23.2. The molecule has 7 nitrogen and oxygen atoms in total. The third kappa shape index (κ3) is 5.70. The van der Waals surface area contributed by atoms with Crippen molar-refractivity contribution in [3.63, 3.8) is 0 Å². The lowest BCUT2D eigenvalue weighted by atomic mass is 10.2. The first-order valence-corrected chi connectivity index (χ1v) is 15.7. The summed E-state index contributed by atoms with van der Waals surface area (Å²) in [5, 5.41) is 0.984. The molecule has 0 saturated carbocycles. The molecule has 0 amide bonds. The Morgan fingerprint density at radius 1 is 0.775 bits per heavy atom. The molecule has 0 radical (unpaired) electrons.